The number of hydrogen-bond donors (Lipinski definition) is 1. The molecule has 146 valence electrons. The van der Waals surface area contributed by atoms with E-state index in [-0.39, 0.29) is 12.3 Å². The molecule has 3 aromatic carbocycles. The van der Waals surface area contributed by atoms with Gasteiger partial charge in [0, 0.05) is 38.5 Å². The highest BCUT2D eigenvalue weighted by Gasteiger charge is 2.19. The van der Waals surface area contributed by atoms with Gasteiger partial charge in [-0.3, -0.25) is 4.79 Å². The second-order valence-corrected chi connectivity index (χ2v) is 8.54. The third kappa shape index (κ3) is 4.30. The summed E-state index contributed by atoms with van der Waals surface area (Å²) in [4.78, 5) is 15.0. The second-order valence-electron chi connectivity index (χ2n) is 6.62. The van der Waals surface area contributed by atoms with E-state index in [4.69, 9.17) is 23.2 Å². The SMILES string of the molecule is Cn1c(CC(=O)Nc2ccc(Cl)cc2Cl)c(Sc2ccccc2)c2ccccc21. The van der Waals surface area contributed by atoms with Gasteiger partial charge < -0.3 is 9.88 Å². The molecule has 3 nitrogen and oxygen atoms in total. The molecule has 1 N–H and O–H groups in total. The van der Waals surface area contributed by atoms with Crippen LogP contribution in [0.25, 0.3) is 10.9 Å². The number of carbonyl (C=O) groups excluding carboxylic acids is 1. The van der Waals surface area contributed by atoms with Crippen LogP contribution in [0.1, 0.15) is 5.69 Å². The van der Waals surface area contributed by atoms with Crippen LogP contribution in [0, 0.1) is 0 Å². The fraction of sp³-hybridized carbons (Fsp3) is 0.0870. The van der Waals surface area contributed by atoms with Gasteiger partial charge in [0.1, 0.15) is 0 Å². The average molecular weight is 441 g/mol. The number of nitrogens with one attached hydrogen (secondary N) is 1. The minimum absolute atomic E-state index is 0.130. The maximum absolute atomic E-state index is 12.8. The van der Waals surface area contributed by atoms with E-state index in [1.807, 2.05) is 37.4 Å². The van der Waals surface area contributed by atoms with Gasteiger partial charge in [0.25, 0.3) is 0 Å². The molecule has 29 heavy (non-hydrogen) atoms. The average Bonchev–Trinajstić information content (AvgIpc) is 2.97. The Morgan fingerprint density at radius 3 is 2.48 bits per heavy atom. The molecular weight excluding hydrogens is 423 g/mol. The fourth-order valence-electron chi connectivity index (χ4n) is 3.27. The lowest BCUT2D eigenvalue weighted by Crippen LogP contribution is -2.16. The molecule has 0 saturated carbocycles. The summed E-state index contributed by atoms with van der Waals surface area (Å²) in [5, 5.41) is 4.98. The van der Waals surface area contributed by atoms with E-state index in [1.54, 1.807) is 30.0 Å². The monoisotopic (exact) mass is 440 g/mol. The zero-order valence-electron chi connectivity index (χ0n) is 15.7. The maximum Gasteiger partial charge on any atom is 0.230 e. The molecular formula is C23H18Cl2N2OS. The number of aryl methyl sites for hydroxylation is 1. The summed E-state index contributed by atoms with van der Waals surface area (Å²) in [6.45, 7) is 0. The summed E-state index contributed by atoms with van der Waals surface area (Å²) >= 11 is 13.8. The minimum atomic E-state index is -0.130. The number of carbonyl (C=O) groups is 1. The van der Waals surface area contributed by atoms with Crippen molar-refractivity contribution in [1.29, 1.82) is 0 Å². The molecule has 4 rings (SSSR count). The number of nitrogens with zero attached hydrogens (tertiary/aromatic N) is 1. The Morgan fingerprint density at radius 1 is 1.00 bits per heavy atom. The molecule has 0 saturated heterocycles. The van der Waals surface area contributed by atoms with Crippen LogP contribution in [0.15, 0.2) is 82.6 Å². The number of halogens is 2. The molecule has 0 fully saturated rings. The highest BCUT2D eigenvalue weighted by molar-refractivity contribution is 7.99. The standard InChI is InChI=1S/C23H18Cl2N2OS/c1-27-20-10-6-5-9-17(20)23(29-16-7-3-2-4-8-16)21(27)14-22(28)26-19-12-11-15(24)13-18(19)25/h2-13H,14H2,1H3,(H,26,28). The van der Waals surface area contributed by atoms with Gasteiger partial charge in [0.05, 0.1) is 17.1 Å². The fourth-order valence-corrected chi connectivity index (χ4v) is 4.86. The predicted octanol–water partition coefficient (Wildman–Crippen LogP) is 6.82. The number of amides is 1. The quantitative estimate of drug-likeness (QED) is 0.369. The van der Waals surface area contributed by atoms with Crippen LogP contribution < -0.4 is 5.32 Å². The molecule has 6 heteroatoms. The maximum atomic E-state index is 12.8. The van der Waals surface area contributed by atoms with E-state index in [0.717, 1.165) is 26.4 Å². The molecule has 0 aliphatic rings. The molecule has 0 spiro atoms. The molecule has 1 aromatic heterocycles. The van der Waals surface area contributed by atoms with Crippen LogP contribution in [0.3, 0.4) is 0 Å². The molecule has 0 atom stereocenters. The number of para-hydroxylation sites is 1. The number of anilines is 1. The van der Waals surface area contributed by atoms with Gasteiger partial charge in [0.15, 0.2) is 0 Å². The van der Waals surface area contributed by atoms with Gasteiger partial charge in [0.2, 0.25) is 5.91 Å². The van der Waals surface area contributed by atoms with Gasteiger partial charge in [-0.15, -0.1) is 0 Å². The highest BCUT2D eigenvalue weighted by Crippen LogP contribution is 2.38. The molecule has 0 unspecified atom stereocenters. The summed E-state index contributed by atoms with van der Waals surface area (Å²) in [6.07, 6.45) is 0.235. The van der Waals surface area contributed by atoms with Crippen molar-refractivity contribution in [2.45, 2.75) is 16.2 Å². The van der Waals surface area contributed by atoms with Gasteiger partial charge in [-0.25, -0.2) is 0 Å². The normalized spacial score (nSPS) is 11.0. The van der Waals surface area contributed by atoms with Crippen LogP contribution in [0.2, 0.25) is 10.0 Å². The van der Waals surface area contributed by atoms with Crippen molar-refractivity contribution in [3.63, 3.8) is 0 Å². The Morgan fingerprint density at radius 2 is 1.72 bits per heavy atom. The van der Waals surface area contributed by atoms with Crippen LogP contribution in [-0.2, 0) is 18.3 Å². The first-order chi connectivity index (χ1) is 14.0. The summed E-state index contributed by atoms with van der Waals surface area (Å²) in [5.41, 5.74) is 2.61. The zero-order chi connectivity index (χ0) is 20.4. The summed E-state index contributed by atoms with van der Waals surface area (Å²) in [7, 11) is 2.00. The largest absolute Gasteiger partial charge is 0.346 e. The Kier molecular flexibility index (Phi) is 5.86. The number of hydrogen-bond acceptors (Lipinski definition) is 2. The van der Waals surface area contributed by atoms with Crippen LogP contribution >= 0.6 is 35.0 Å². The summed E-state index contributed by atoms with van der Waals surface area (Å²) in [5.74, 6) is -0.130. The predicted molar refractivity (Wildman–Crippen MR) is 122 cm³/mol. The number of aromatic nitrogens is 1. The van der Waals surface area contributed by atoms with Crippen molar-refractivity contribution in [2.75, 3.05) is 5.32 Å². The smallest absolute Gasteiger partial charge is 0.230 e. The second kappa shape index (κ2) is 8.54. The highest BCUT2D eigenvalue weighted by atomic mass is 35.5. The van der Waals surface area contributed by atoms with E-state index in [2.05, 4.69) is 34.1 Å². The molecule has 1 amide bonds. The van der Waals surface area contributed by atoms with Gasteiger partial charge in [-0.1, -0.05) is 71.4 Å². The number of benzene rings is 3. The zero-order valence-corrected chi connectivity index (χ0v) is 18.0. The molecule has 0 radical (unpaired) electrons. The molecule has 1 heterocycles. The van der Waals surface area contributed by atoms with Crippen LogP contribution in [-0.4, -0.2) is 10.5 Å². The van der Waals surface area contributed by atoms with Crippen molar-refractivity contribution >= 4 is 57.5 Å². The molecule has 4 aromatic rings. The van der Waals surface area contributed by atoms with Gasteiger partial charge in [-0.05, 0) is 36.4 Å². The number of fused-ring (bicyclic) bond motifs is 1. The van der Waals surface area contributed by atoms with E-state index < -0.39 is 0 Å². The Labute approximate surface area is 183 Å². The lowest BCUT2D eigenvalue weighted by atomic mass is 10.2. The molecule has 0 aliphatic heterocycles. The summed E-state index contributed by atoms with van der Waals surface area (Å²) < 4.78 is 2.09. The van der Waals surface area contributed by atoms with Crippen molar-refractivity contribution in [3.05, 3.63) is 88.5 Å². The van der Waals surface area contributed by atoms with Crippen LogP contribution in [0.4, 0.5) is 5.69 Å². The Balaban J connectivity index is 1.68. The lowest BCUT2D eigenvalue weighted by molar-refractivity contribution is -0.115. The van der Waals surface area contributed by atoms with Gasteiger partial charge in [-0.2, -0.15) is 0 Å². The van der Waals surface area contributed by atoms with Crippen molar-refractivity contribution in [2.24, 2.45) is 7.05 Å². The topological polar surface area (TPSA) is 34.0 Å². The Bertz CT molecular complexity index is 1190. The lowest BCUT2D eigenvalue weighted by Gasteiger charge is -2.10. The Hall–Kier alpha value is -2.40. The van der Waals surface area contributed by atoms with E-state index in [9.17, 15) is 4.79 Å². The van der Waals surface area contributed by atoms with E-state index >= 15 is 0 Å². The van der Waals surface area contributed by atoms with Crippen molar-refractivity contribution < 1.29 is 4.79 Å². The van der Waals surface area contributed by atoms with Crippen molar-refractivity contribution in [3.8, 4) is 0 Å². The van der Waals surface area contributed by atoms with Crippen LogP contribution in [0.5, 0.6) is 0 Å². The first kappa shape index (κ1) is 19.9. The van der Waals surface area contributed by atoms with E-state index in [1.165, 1.54) is 0 Å². The first-order valence-corrected chi connectivity index (χ1v) is 10.6. The van der Waals surface area contributed by atoms with E-state index in [0.29, 0.717) is 15.7 Å². The molecule has 0 aliphatic carbocycles. The van der Waals surface area contributed by atoms with Crippen molar-refractivity contribution in [1.82, 2.24) is 4.57 Å². The number of rotatable bonds is 5. The minimum Gasteiger partial charge on any atom is -0.346 e. The van der Waals surface area contributed by atoms with Gasteiger partial charge >= 0.3 is 0 Å². The molecule has 0 bridgehead atoms. The third-order valence-electron chi connectivity index (χ3n) is 4.67. The third-order valence-corrected chi connectivity index (χ3v) is 6.39. The summed E-state index contributed by atoms with van der Waals surface area (Å²) in [6, 6.07) is 23.4. The first-order valence-electron chi connectivity index (χ1n) is 9.07.